The number of carbonyl (C=O) groups is 1. The number of carbonyl (C=O) groups excluding carboxylic acids is 1. The first-order valence-electron chi connectivity index (χ1n) is 9.63. The van der Waals surface area contributed by atoms with Crippen LogP contribution in [-0.2, 0) is 32.1 Å². The number of aromatic nitrogens is 1. The Morgan fingerprint density at radius 3 is 2.18 bits per heavy atom. The summed E-state index contributed by atoms with van der Waals surface area (Å²) in [6.45, 7) is 8.19. The van der Waals surface area contributed by atoms with Gasteiger partial charge in [0.2, 0.25) is 5.43 Å². The second-order valence-electron chi connectivity index (χ2n) is 6.85. The van der Waals surface area contributed by atoms with Gasteiger partial charge in [-0.25, -0.2) is 0 Å². The van der Waals surface area contributed by atoms with Crippen LogP contribution in [0.1, 0.15) is 59.2 Å². The third-order valence-electron chi connectivity index (χ3n) is 5.22. The van der Waals surface area contributed by atoms with Crippen molar-refractivity contribution < 1.29 is 4.79 Å². The SMILES string of the molecule is CCc1cc(CC)c(NC(=O)c2c(CSC)n(C)c(C)c(Br)c2=O)c(CC)c1. The van der Waals surface area contributed by atoms with Crippen molar-refractivity contribution in [1.82, 2.24) is 4.57 Å². The molecule has 2 rings (SSSR count). The molecule has 0 fully saturated rings. The molecule has 0 saturated carbocycles. The monoisotopic (exact) mass is 464 g/mol. The molecule has 152 valence electrons. The van der Waals surface area contributed by atoms with E-state index >= 15 is 0 Å². The minimum Gasteiger partial charge on any atom is -0.349 e. The van der Waals surface area contributed by atoms with Crippen LogP contribution >= 0.6 is 27.7 Å². The Kier molecular flexibility index (Phi) is 7.96. The summed E-state index contributed by atoms with van der Waals surface area (Å²) in [6, 6.07) is 4.31. The number of benzene rings is 1. The molecule has 0 aliphatic carbocycles. The molecule has 0 spiro atoms. The molecule has 0 saturated heterocycles. The fourth-order valence-corrected chi connectivity index (χ4v) is 4.48. The lowest BCUT2D eigenvalue weighted by Gasteiger charge is -2.20. The molecule has 1 N–H and O–H groups in total. The Balaban J connectivity index is 2.62. The van der Waals surface area contributed by atoms with E-state index in [1.807, 2.05) is 24.8 Å². The predicted molar refractivity (Wildman–Crippen MR) is 124 cm³/mol. The highest BCUT2D eigenvalue weighted by molar-refractivity contribution is 9.10. The van der Waals surface area contributed by atoms with Gasteiger partial charge in [0.1, 0.15) is 5.56 Å². The van der Waals surface area contributed by atoms with E-state index in [1.54, 1.807) is 11.8 Å². The van der Waals surface area contributed by atoms with E-state index in [4.69, 9.17) is 0 Å². The van der Waals surface area contributed by atoms with E-state index in [-0.39, 0.29) is 16.9 Å². The quantitative estimate of drug-likeness (QED) is 0.607. The molecule has 1 aromatic heterocycles. The summed E-state index contributed by atoms with van der Waals surface area (Å²) in [4.78, 5) is 26.2. The highest BCUT2D eigenvalue weighted by Crippen LogP contribution is 2.27. The molecule has 0 aliphatic heterocycles. The van der Waals surface area contributed by atoms with Crippen molar-refractivity contribution in [2.75, 3.05) is 11.6 Å². The minimum atomic E-state index is -0.334. The van der Waals surface area contributed by atoms with Crippen molar-refractivity contribution in [2.45, 2.75) is 52.7 Å². The molecule has 0 unspecified atom stereocenters. The van der Waals surface area contributed by atoms with Crippen LogP contribution in [0.5, 0.6) is 0 Å². The van der Waals surface area contributed by atoms with E-state index < -0.39 is 0 Å². The van der Waals surface area contributed by atoms with E-state index in [2.05, 4.69) is 54.2 Å². The predicted octanol–water partition coefficient (Wildman–Crippen LogP) is 5.26. The van der Waals surface area contributed by atoms with Crippen molar-refractivity contribution in [3.63, 3.8) is 0 Å². The summed E-state index contributed by atoms with van der Waals surface area (Å²) in [6.07, 6.45) is 4.57. The summed E-state index contributed by atoms with van der Waals surface area (Å²) in [5, 5.41) is 3.08. The van der Waals surface area contributed by atoms with E-state index in [0.29, 0.717) is 10.2 Å². The normalized spacial score (nSPS) is 11.0. The number of aryl methyl sites for hydroxylation is 3. The molecular weight excluding hydrogens is 436 g/mol. The fourth-order valence-electron chi connectivity index (χ4n) is 3.40. The van der Waals surface area contributed by atoms with Crippen molar-refractivity contribution >= 4 is 39.3 Å². The first kappa shape index (κ1) is 22.8. The largest absolute Gasteiger partial charge is 0.349 e. The Bertz CT molecular complexity index is 926. The number of thioether (sulfide) groups is 1. The molecule has 1 amide bonds. The highest BCUT2D eigenvalue weighted by Gasteiger charge is 2.23. The molecule has 1 aromatic carbocycles. The average Bonchev–Trinajstić information content (AvgIpc) is 2.70. The summed E-state index contributed by atoms with van der Waals surface area (Å²) in [5.41, 5.74) is 5.87. The Hall–Kier alpha value is -1.53. The minimum absolute atomic E-state index is 0.220. The highest BCUT2D eigenvalue weighted by atomic mass is 79.9. The lowest BCUT2D eigenvalue weighted by Crippen LogP contribution is -2.29. The van der Waals surface area contributed by atoms with Gasteiger partial charge in [-0.2, -0.15) is 11.8 Å². The van der Waals surface area contributed by atoms with Crippen LogP contribution in [0.2, 0.25) is 0 Å². The molecule has 2 aromatic rings. The van der Waals surface area contributed by atoms with Crippen molar-refractivity contribution in [3.05, 3.63) is 60.5 Å². The van der Waals surface area contributed by atoms with Crippen LogP contribution in [-0.4, -0.2) is 16.7 Å². The second kappa shape index (κ2) is 9.79. The number of anilines is 1. The van der Waals surface area contributed by atoms with Gasteiger partial charge in [-0.3, -0.25) is 9.59 Å². The van der Waals surface area contributed by atoms with Crippen LogP contribution in [0.25, 0.3) is 0 Å². The third kappa shape index (κ3) is 4.38. The number of nitrogens with one attached hydrogen (secondary N) is 1. The van der Waals surface area contributed by atoms with Gasteiger partial charge in [0.25, 0.3) is 5.91 Å². The lowest BCUT2D eigenvalue weighted by molar-refractivity contribution is 0.102. The maximum Gasteiger partial charge on any atom is 0.261 e. The van der Waals surface area contributed by atoms with Crippen molar-refractivity contribution in [1.29, 1.82) is 0 Å². The zero-order valence-electron chi connectivity index (χ0n) is 17.5. The number of hydrogen-bond acceptors (Lipinski definition) is 3. The maximum absolute atomic E-state index is 13.3. The smallest absolute Gasteiger partial charge is 0.261 e. The number of halogens is 1. The number of amides is 1. The third-order valence-corrected chi connectivity index (χ3v) is 6.71. The van der Waals surface area contributed by atoms with Crippen LogP contribution in [0, 0.1) is 6.92 Å². The summed E-state index contributed by atoms with van der Waals surface area (Å²) < 4.78 is 2.37. The van der Waals surface area contributed by atoms with Crippen LogP contribution in [0.15, 0.2) is 21.4 Å². The molecule has 4 nitrogen and oxygen atoms in total. The average molecular weight is 465 g/mol. The molecule has 28 heavy (non-hydrogen) atoms. The van der Waals surface area contributed by atoms with Crippen LogP contribution in [0.3, 0.4) is 0 Å². The van der Waals surface area contributed by atoms with Gasteiger partial charge in [-0.1, -0.05) is 32.9 Å². The molecule has 6 heteroatoms. The summed E-state index contributed by atoms with van der Waals surface area (Å²) >= 11 is 4.97. The molecule has 1 heterocycles. The Labute approximate surface area is 180 Å². The Morgan fingerprint density at radius 1 is 1.14 bits per heavy atom. The van der Waals surface area contributed by atoms with Crippen LogP contribution < -0.4 is 10.7 Å². The number of rotatable bonds is 7. The zero-order valence-corrected chi connectivity index (χ0v) is 19.9. The van der Waals surface area contributed by atoms with Gasteiger partial charge < -0.3 is 9.88 Å². The van der Waals surface area contributed by atoms with Gasteiger partial charge in [0.05, 0.1) is 4.47 Å². The van der Waals surface area contributed by atoms with E-state index in [9.17, 15) is 9.59 Å². The van der Waals surface area contributed by atoms with Gasteiger partial charge in [-0.05, 0) is 65.1 Å². The number of nitrogens with zero attached hydrogens (tertiary/aromatic N) is 1. The maximum atomic E-state index is 13.3. The van der Waals surface area contributed by atoms with Crippen LogP contribution in [0.4, 0.5) is 5.69 Å². The molecule has 0 atom stereocenters. The molecule has 0 radical (unpaired) electrons. The fraction of sp³-hybridized carbons (Fsp3) is 0.455. The van der Waals surface area contributed by atoms with Gasteiger partial charge in [0.15, 0.2) is 0 Å². The Morgan fingerprint density at radius 2 is 1.71 bits per heavy atom. The first-order chi connectivity index (χ1) is 13.3. The van der Waals surface area contributed by atoms with E-state index in [1.165, 1.54) is 5.56 Å². The standard InChI is InChI=1S/C22H29BrN2O2S/c1-7-14-10-15(8-2)20(16(9-3)11-14)24-22(27)18-17(12-28-6)25(5)13(4)19(23)21(18)26/h10-11H,7-9,12H2,1-6H3,(H,24,27). The summed E-state index contributed by atoms with van der Waals surface area (Å²) in [7, 11) is 1.90. The van der Waals surface area contributed by atoms with Gasteiger partial charge >= 0.3 is 0 Å². The second-order valence-corrected chi connectivity index (χ2v) is 8.51. The first-order valence-corrected chi connectivity index (χ1v) is 11.8. The molecular formula is C22H29BrN2O2S. The number of pyridine rings is 1. The number of hydrogen-bond donors (Lipinski definition) is 1. The molecule has 0 bridgehead atoms. The van der Waals surface area contributed by atoms with Gasteiger partial charge in [0, 0.05) is 29.9 Å². The molecule has 0 aliphatic rings. The van der Waals surface area contributed by atoms with E-state index in [0.717, 1.165) is 47.5 Å². The summed E-state index contributed by atoms with van der Waals surface area (Å²) in [5.74, 6) is 0.262. The zero-order chi connectivity index (χ0) is 21.0. The topological polar surface area (TPSA) is 51.1 Å². The van der Waals surface area contributed by atoms with Gasteiger partial charge in [-0.15, -0.1) is 0 Å². The van der Waals surface area contributed by atoms with Crippen molar-refractivity contribution in [3.8, 4) is 0 Å². The van der Waals surface area contributed by atoms with Crippen molar-refractivity contribution in [2.24, 2.45) is 7.05 Å². The lowest BCUT2D eigenvalue weighted by atomic mass is 9.97.